The van der Waals surface area contributed by atoms with E-state index in [1.54, 1.807) is 23.7 Å². The van der Waals surface area contributed by atoms with Gasteiger partial charge in [-0.05, 0) is 48.9 Å². The summed E-state index contributed by atoms with van der Waals surface area (Å²) >= 11 is 0. The van der Waals surface area contributed by atoms with Crippen molar-refractivity contribution in [1.29, 1.82) is 0 Å². The number of hydrogen-bond acceptors (Lipinski definition) is 2. The van der Waals surface area contributed by atoms with Crippen molar-refractivity contribution < 1.29 is 9.13 Å². The van der Waals surface area contributed by atoms with Crippen LogP contribution in [-0.4, -0.2) is 9.78 Å². The highest BCUT2D eigenvalue weighted by Gasteiger charge is 2.04. The summed E-state index contributed by atoms with van der Waals surface area (Å²) < 4.78 is 20.6. The molecule has 0 atom stereocenters. The van der Waals surface area contributed by atoms with Crippen LogP contribution < -0.4 is 4.74 Å². The second-order valence-electron chi connectivity index (χ2n) is 4.79. The van der Waals surface area contributed by atoms with Crippen LogP contribution in [-0.2, 0) is 6.61 Å². The summed E-state index contributed by atoms with van der Waals surface area (Å²) in [5.74, 6) is 0.416. The lowest BCUT2D eigenvalue weighted by Gasteiger charge is -2.05. The van der Waals surface area contributed by atoms with E-state index >= 15 is 0 Å². The predicted octanol–water partition coefficient (Wildman–Crippen LogP) is 3.90. The molecule has 0 fully saturated rings. The SMILES string of the molecule is Cc1cc(OCc2ccn(-c3ccccc3)n2)ccc1F. The van der Waals surface area contributed by atoms with E-state index in [9.17, 15) is 4.39 Å². The molecule has 0 spiro atoms. The fraction of sp³-hybridized carbons (Fsp3) is 0.118. The Labute approximate surface area is 122 Å². The molecule has 0 saturated carbocycles. The molecule has 0 unspecified atom stereocenters. The average Bonchev–Trinajstić information content (AvgIpc) is 2.98. The zero-order chi connectivity index (χ0) is 14.7. The topological polar surface area (TPSA) is 27.1 Å². The third kappa shape index (κ3) is 3.11. The number of aromatic nitrogens is 2. The van der Waals surface area contributed by atoms with Gasteiger partial charge < -0.3 is 4.74 Å². The van der Waals surface area contributed by atoms with Gasteiger partial charge in [0, 0.05) is 6.20 Å². The monoisotopic (exact) mass is 282 g/mol. The molecule has 21 heavy (non-hydrogen) atoms. The first-order valence-electron chi connectivity index (χ1n) is 6.71. The van der Waals surface area contributed by atoms with Gasteiger partial charge in [0.15, 0.2) is 0 Å². The van der Waals surface area contributed by atoms with E-state index < -0.39 is 0 Å². The number of hydrogen-bond donors (Lipinski definition) is 0. The second-order valence-corrected chi connectivity index (χ2v) is 4.79. The van der Waals surface area contributed by atoms with Crippen LogP contribution in [0.2, 0.25) is 0 Å². The highest BCUT2D eigenvalue weighted by atomic mass is 19.1. The number of benzene rings is 2. The minimum atomic E-state index is -0.226. The van der Waals surface area contributed by atoms with Crippen LogP contribution in [0.4, 0.5) is 4.39 Å². The fourth-order valence-corrected chi connectivity index (χ4v) is 2.03. The fourth-order valence-electron chi connectivity index (χ4n) is 2.03. The van der Waals surface area contributed by atoms with Crippen LogP contribution in [0.1, 0.15) is 11.3 Å². The highest BCUT2D eigenvalue weighted by Crippen LogP contribution is 2.17. The molecule has 0 N–H and O–H groups in total. The summed E-state index contributed by atoms with van der Waals surface area (Å²) in [6.45, 7) is 2.07. The molecule has 0 aliphatic heterocycles. The number of ether oxygens (including phenoxy) is 1. The van der Waals surface area contributed by atoms with E-state index in [2.05, 4.69) is 5.10 Å². The van der Waals surface area contributed by atoms with Gasteiger partial charge >= 0.3 is 0 Å². The maximum absolute atomic E-state index is 13.2. The van der Waals surface area contributed by atoms with Gasteiger partial charge in [-0.1, -0.05) is 18.2 Å². The molecule has 0 radical (unpaired) electrons. The van der Waals surface area contributed by atoms with Gasteiger partial charge in [-0.3, -0.25) is 0 Å². The van der Waals surface area contributed by atoms with E-state index in [-0.39, 0.29) is 5.82 Å². The molecule has 3 rings (SSSR count). The van der Waals surface area contributed by atoms with Crippen LogP contribution in [0.3, 0.4) is 0 Å². The Kier molecular flexibility index (Phi) is 3.69. The number of nitrogens with zero attached hydrogens (tertiary/aromatic N) is 2. The molecular formula is C17H15FN2O. The van der Waals surface area contributed by atoms with Crippen molar-refractivity contribution in [2.24, 2.45) is 0 Å². The van der Waals surface area contributed by atoms with Gasteiger partial charge in [0.05, 0.1) is 5.69 Å². The Balaban J connectivity index is 1.69. The van der Waals surface area contributed by atoms with Gasteiger partial charge in [0.25, 0.3) is 0 Å². The molecule has 1 aromatic heterocycles. The summed E-state index contributed by atoms with van der Waals surface area (Å²) in [5, 5.41) is 4.45. The zero-order valence-electron chi connectivity index (χ0n) is 11.7. The van der Waals surface area contributed by atoms with E-state index in [1.165, 1.54) is 6.07 Å². The highest BCUT2D eigenvalue weighted by molar-refractivity contribution is 5.31. The summed E-state index contributed by atoms with van der Waals surface area (Å²) in [6, 6.07) is 16.5. The largest absolute Gasteiger partial charge is 0.487 e. The van der Waals surface area contributed by atoms with Crippen molar-refractivity contribution in [3.8, 4) is 11.4 Å². The molecule has 0 saturated heterocycles. The van der Waals surface area contributed by atoms with E-state index in [1.807, 2.05) is 42.6 Å². The normalized spacial score (nSPS) is 10.6. The Morgan fingerprint density at radius 1 is 1.10 bits per heavy atom. The number of rotatable bonds is 4. The Bertz CT molecular complexity index is 738. The average molecular weight is 282 g/mol. The molecule has 4 heteroatoms. The van der Waals surface area contributed by atoms with E-state index in [4.69, 9.17) is 4.74 Å². The standard InChI is InChI=1S/C17H15FN2O/c1-13-11-16(7-8-17(13)18)21-12-14-9-10-20(19-14)15-5-3-2-4-6-15/h2-11H,12H2,1H3. The van der Waals surface area contributed by atoms with Crippen molar-refractivity contribution in [3.63, 3.8) is 0 Å². The molecule has 0 bridgehead atoms. The van der Waals surface area contributed by atoms with Gasteiger partial charge in [0.2, 0.25) is 0 Å². The van der Waals surface area contributed by atoms with Gasteiger partial charge in [-0.15, -0.1) is 0 Å². The first-order valence-corrected chi connectivity index (χ1v) is 6.71. The van der Waals surface area contributed by atoms with Crippen molar-refractivity contribution in [2.45, 2.75) is 13.5 Å². The molecule has 3 aromatic rings. The van der Waals surface area contributed by atoms with Crippen LogP contribution >= 0.6 is 0 Å². The van der Waals surface area contributed by atoms with Crippen molar-refractivity contribution in [2.75, 3.05) is 0 Å². The molecule has 0 aliphatic carbocycles. The lowest BCUT2D eigenvalue weighted by molar-refractivity contribution is 0.300. The van der Waals surface area contributed by atoms with Crippen LogP contribution in [0.5, 0.6) is 5.75 Å². The van der Waals surface area contributed by atoms with Crippen molar-refractivity contribution >= 4 is 0 Å². The van der Waals surface area contributed by atoms with Crippen molar-refractivity contribution in [3.05, 3.63) is 77.9 Å². The molecular weight excluding hydrogens is 267 g/mol. The third-order valence-corrected chi connectivity index (χ3v) is 3.18. The van der Waals surface area contributed by atoms with Crippen LogP contribution in [0.15, 0.2) is 60.8 Å². The van der Waals surface area contributed by atoms with Crippen LogP contribution in [0, 0.1) is 12.7 Å². The Morgan fingerprint density at radius 3 is 2.67 bits per heavy atom. The minimum absolute atomic E-state index is 0.226. The summed E-state index contributed by atoms with van der Waals surface area (Å²) in [4.78, 5) is 0. The minimum Gasteiger partial charge on any atom is -0.487 e. The first kappa shape index (κ1) is 13.4. The molecule has 0 aliphatic rings. The first-order chi connectivity index (χ1) is 10.2. The molecule has 0 amide bonds. The molecule has 2 aromatic carbocycles. The third-order valence-electron chi connectivity index (χ3n) is 3.18. The second kappa shape index (κ2) is 5.79. The predicted molar refractivity (Wildman–Crippen MR) is 79.0 cm³/mol. The number of halogens is 1. The van der Waals surface area contributed by atoms with Crippen molar-refractivity contribution in [1.82, 2.24) is 9.78 Å². The smallest absolute Gasteiger partial charge is 0.132 e. The van der Waals surface area contributed by atoms with Gasteiger partial charge in [-0.2, -0.15) is 5.10 Å². The summed E-state index contributed by atoms with van der Waals surface area (Å²) in [5.41, 5.74) is 2.39. The zero-order valence-corrected chi connectivity index (χ0v) is 11.7. The summed E-state index contributed by atoms with van der Waals surface area (Å²) in [7, 11) is 0. The molecule has 3 nitrogen and oxygen atoms in total. The van der Waals surface area contributed by atoms with Crippen LogP contribution in [0.25, 0.3) is 5.69 Å². The number of aryl methyl sites for hydroxylation is 1. The Morgan fingerprint density at radius 2 is 1.90 bits per heavy atom. The number of para-hydroxylation sites is 1. The molecule has 106 valence electrons. The Hall–Kier alpha value is -2.62. The van der Waals surface area contributed by atoms with Gasteiger partial charge in [-0.25, -0.2) is 9.07 Å². The molecule has 1 heterocycles. The maximum Gasteiger partial charge on any atom is 0.132 e. The van der Waals surface area contributed by atoms with E-state index in [0.29, 0.717) is 17.9 Å². The summed E-state index contributed by atoms with van der Waals surface area (Å²) in [6.07, 6.45) is 1.89. The lowest BCUT2D eigenvalue weighted by atomic mass is 10.2. The quantitative estimate of drug-likeness (QED) is 0.725. The van der Waals surface area contributed by atoms with Gasteiger partial charge in [0.1, 0.15) is 23.9 Å². The van der Waals surface area contributed by atoms with E-state index in [0.717, 1.165) is 11.4 Å². The lowest BCUT2D eigenvalue weighted by Crippen LogP contribution is -2.00. The maximum atomic E-state index is 13.2.